The second-order valence-corrected chi connectivity index (χ2v) is 8.19. The molecule has 0 aliphatic heterocycles. The number of fused-ring (bicyclic) bond motifs is 1. The fourth-order valence-electron chi connectivity index (χ4n) is 2.85. The number of benzene rings is 1. The number of para-hydroxylation sites is 1. The summed E-state index contributed by atoms with van der Waals surface area (Å²) in [5.74, 6) is 0.166. The third-order valence-corrected chi connectivity index (χ3v) is 4.94. The molecule has 0 atom stereocenters. The lowest BCUT2D eigenvalue weighted by molar-refractivity contribution is 0.0544. The van der Waals surface area contributed by atoms with Crippen molar-refractivity contribution >= 4 is 34.1 Å². The van der Waals surface area contributed by atoms with Crippen LogP contribution >= 0.6 is 11.3 Å². The average Bonchev–Trinajstić information content (AvgIpc) is 3.18. The highest BCUT2D eigenvalue weighted by Crippen LogP contribution is 2.34. The summed E-state index contributed by atoms with van der Waals surface area (Å²) < 4.78 is 7.07. The van der Waals surface area contributed by atoms with Gasteiger partial charge in [0, 0.05) is 23.6 Å². The van der Waals surface area contributed by atoms with Gasteiger partial charge in [-0.15, -0.1) is 11.3 Å². The molecule has 5 heteroatoms. The number of carbonyl (C=O) groups excluding carboxylic acids is 2. The lowest BCUT2D eigenvalue weighted by atomic mass is 10.1. The fraction of sp³-hybridized carbons (Fsp3) is 0.333. The van der Waals surface area contributed by atoms with Crippen molar-refractivity contribution in [2.45, 2.75) is 46.1 Å². The largest absolute Gasteiger partial charge is 0.443 e. The van der Waals surface area contributed by atoms with E-state index in [0.717, 1.165) is 33.3 Å². The van der Waals surface area contributed by atoms with Crippen LogP contribution in [0.1, 0.15) is 50.2 Å². The van der Waals surface area contributed by atoms with Gasteiger partial charge in [0.25, 0.3) is 0 Å². The Morgan fingerprint density at radius 1 is 1.19 bits per heavy atom. The van der Waals surface area contributed by atoms with Gasteiger partial charge >= 0.3 is 6.09 Å². The highest BCUT2D eigenvalue weighted by molar-refractivity contribution is 7.12. The summed E-state index contributed by atoms with van der Waals surface area (Å²) >= 11 is 1.45. The molecule has 0 aliphatic carbocycles. The molecule has 2 heterocycles. The maximum absolute atomic E-state index is 12.6. The Labute approximate surface area is 157 Å². The molecule has 0 saturated carbocycles. The van der Waals surface area contributed by atoms with Crippen molar-refractivity contribution in [3.05, 3.63) is 46.8 Å². The Bertz CT molecular complexity index is 959. The summed E-state index contributed by atoms with van der Waals surface area (Å²) in [7, 11) is 0. The van der Waals surface area contributed by atoms with E-state index >= 15 is 0 Å². The average molecular weight is 369 g/mol. The van der Waals surface area contributed by atoms with Crippen LogP contribution in [0, 0.1) is 0 Å². The van der Waals surface area contributed by atoms with Gasteiger partial charge in [-0.05, 0) is 50.3 Å². The molecular formula is C21H23NO3S. The van der Waals surface area contributed by atoms with Gasteiger partial charge in [0.2, 0.25) is 0 Å². The zero-order valence-corrected chi connectivity index (χ0v) is 16.4. The molecule has 0 fully saturated rings. The van der Waals surface area contributed by atoms with Gasteiger partial charge in [-0.3, -0.25) is 9.36 Å². The topological polar surface area (TPSA) is 48.3 Å². The van der Waals surface area contributed by atoms with Crippen LogP contribution in [0.3, 0.4) is 0 Å². The second-order valence-electron chi connectivity index (χ2n) is 7.28. The molecular weight excluding hydrogens is 346 g/mol. The molecule has 0 N–H and O–H groups in total. The number of hydrogen-bond donors (Lipinski definition) is 0. The lowest BCUT2D eigenvalue weighted by Crippen LogP contribution is -2.26. The molecule has 136 valence electrons. The van der Waals surface area contributed by atoms with Crippen LogP contribution in [-0.2, 0) is 4.74 Å². The minimum absolute atomic E-state index is 0.166. The smallest absolute Gasteiger partial charge is 0.419 e. The summed E-state index contributed by atoms with van der Waals surface area (Å²) in [6.45, 7) is 7.55. The maximum Gasteiger partial charge on any atom is 0.419 e. The first kappa shape index (κ1) is 18.4. The van der Waals surface area contributed by atoms with E-state index in [4.69, 9.17) is 4.74 Å². The Morgan fingerprint density at radius 2 is 1.92 bits per heavy atom. The van der Waals surface area contributed by atoms with Gasteiger partial charge in [-0.25, -0.2) is 4.79 Å². The first-order valence-corrected chi connectivity index (χ1v) is 9.63. The molecule has 0 bridgehead atoms. The maximum atomic E-state index is 12.6. The van der Waals surface area contributed by atoms with Gasteiger partial charge in [0.1, 0.15) is 5.60 Å². The summed E-state index contributed by atoms with van der Waals surface area (Å²) in [6.07, 6.45) is 2.79. The number of nitrogens with zero attached hydrogens (tertiary/aromatic N) is 1. The van der Waals surface area contributed by atoms with Crippen molar-refractivity contribution in [2.75, 3.05) is 0 Å². The SMILES string of the molecule is CCCC(=O)c1cc(-c2cn(C(=O)OC(C)(C)C)c3ccccc23)cs1. The number of rotatable bonds is 4. The third-order valence-electron chi connectivity index (χ3n) is 3.96. The van der Waals surface area contributed by atoms with Gasteiger partial charge in [0.05, 0.1) is 10.4 Å². The highest BCUT2D eigenvalue weighted by atomic mass is 32.1. The Hall–Kier alpha value is -2.40. The second kappa shape index (κ2) is 7.08. The number of ether oxygens (including phenoxy) is 1. The van der Waals surface area contributed by atoms with Crippen LogP contribution in [0.5, 0.6) is 0 Å². The minimum atomic E-state index is -0.565. The Kier molecular flexibility index (Phi) is 5.01. The van der Waals surface area contributed by atoms with E-state index < -0.39 is 11.7 Å². The minimum Gasteiger partial charge on any atom is -0.443 e. The molecule has 0 radical (unpaired) electrons. The van der Waals surface area contributed by atoms with Gasteiger partial charge < -0.3 is 4.74 Å². The number of hydrogen-bond acceptors (Lipinski definition) is 4. The first-order valence-electron chi connectivity index (χ1n) is 8.75. The molecule has 3 aromatic rings. The lowest BCUT2D eigenvalue weighted by Gasteiger charge is -2.19. The molecule has 26 heavy (non-hydrogen) atoms. The van der Waals surface area contributed by atoms with E-state index in [9.17, 15) is 9.59 Å². The molecule has 0 unspecified atom stereocenters. The number of Topliss-reactive ketones (excluding diaryl/α,β-unsaturated/α-hetero) is 1. The van der Waals surface area contributed by atoms with Crippen molar-refractivity contribution in [1.29, 1.82) is 0 Å². The standard InChI is InChI=1S/C21H23NO3S/c1-5-8-18(23)19-11-14(13-26-19)16-12-22(20(24)25-21(2,3)4)17-10-7-6-9-15(16)17/h6-7,9-13H,5,8H2,1-4H3. The molecule has 0 saturated heterocycles. The van der Waals surface area contributed by atoms with Crippen LogP contribution in [0.15, 0.2) is 41.9 Å². The van der Waals surface area contributed by atoms with Crippen molar-refractivity contribution in [3.8, 4) is 11.1 Å². The van der Waals surface area contributed by atoms with E-state index in [1.807, 2.05) is 63.4 Å². The molecule has 2 aromatic heterocycles. The quantitative estimate of drug-likeness (QED) is 0.519. The number of aromatic nitrogens is 1. The normalized spacial score (nSPS) is 11.7. The van der Waals surface area contributed by atoms with E-state index in [1.54, 1.807) is 10.8 Å². The van der Waals surface area contributed by atoms with Crippen molar-refractivity contribution < 1.29 is 14.3 Å². The van der Waals surface area contributed by atoms with Gasteiger partial charge in [-0.1, -0.05) is 25.1 Å². The van der Waals surface area contributed by atoms with Crippen LogP contribution in [0.4, 0.5) is 4.79 Å². The first-order chi connectivity index (χ1) is 12.3. The summed E-state index contributed by atoms with van der Waals surface area (Å²) in [4.78, 5) is 25.5. The summed E-state index contributed by atoms with van der Waals surface area (Å²) in [5.41, 5.74) is 2.11. The van der Waals surface area contributed by atoms with E-state index in [2.05, 4.69) is 0 Å². The fourth-order valence-corrected chi connectivity index (χ4v) is 3.72. The molecule has 3 rings (SSSR count). The monoisotopic (exact) mass is 369 g/mol. The zero-order valence-electron chi connectivity index (χ0n) is 15.5. The van der Waals surface area contributed by atoms with Crippen LogP contribution in [0.2, 0.25) is 0 Å². The molecule has 4 nitrogen and oxygen atoms in total. The molecule has 0 aliphatic rings. The van der Waals surface area contributed by atoms with Crippen molar-refractivity contribution in [1.82, 2.24) is 4.57 Å². The Morgan fingerprint density at radius 3 is 2.62 bits per heavy atom. The van der Waals surface area contributed by atoms with Crippen LogP contribution in [0.25, 0.3) is 22.0 Å². The van der Waals surface area contributed by atoms with Gasteiger partial charge in [0.15, 0.2) is 5.78 Å². The third kappa shape index (κ3) is 3.73. The number of thiophene rings is 1. The van der Waals surface area contributed by atoms with E-state index in [0.29, 0.717) is 6.42 Å². The van der Waals surface area contributed by atoms with Gasteiger partial charge in [-0.2, -0.15) is 0 Å². The Balaban J connectivity index is 2.05. The van der Waals surface area contributed by atoms with Crippen LogP contribution in [-0.4, -0.2) is 22.0 Å². The van der Waals surface area contributed by atoms with E-state index in [1.165, 1.54) is 11.3 Å². The number of ketones is 1. The molecule has 1 aromatic carbocycles. The summed E-state index contributed by atoms with van der Waals surface area (Å²) in [5, 5.41) is 2.94. The summed E-state index contributed by atoms with van der Waals surface area (Å²) in [6, 6.07) is 9.65. The molecule has 0 spiro atoms. The molecule has 0 amide bonds. The van der Waals surface area contributed by atoms with E-state index in [-0.39, 0.29) is 5.78 Å². The highest BCUT2D eigenvalue weighted by Gasteiger charge is 2.21. The predicted octanol–water partition coefficient (Wildman–Crippen LogP) is 6.14. The van der Waals surface area contributed by atoms with Crippen molar-refractivity contribution in [3.63, 3.8) is 0 Å². The zero-order chi connectivity index (χ0) is 18.9. The van der Waals surface area contributed by atoms with Crippen molar-refractivity contribution in [2.24, 2.45) is 0 Å². The van der Waals surface area contributed by atoms with Crippen LogP contribution < -0.4 is 0 Å². The predicted molar refractivity (Wildman–Crippen MR) is 106 cm³/mol. The number of carbonyl (C=O) groups is 2.